The van der Waals surface area contributed by atoms with E-state index in [2.05, 4.69) is 34.5 Å². The molecule has 1 aliphatic rings. The Labute approximate surface area is 84.1 Å². The van der Waals surface area contributed by atoms with Crippen LogP contribution in [0.1, 0.15) is 17.4 Å². The molecule has 2 heterocycles. The zero-order valence-corrected chi connectivity index (χ0v) is 8.99. The van der Waals surface area contributed by atoms with E-state index >= 15 is 0 Å². The highest BCUT2D eigenvalue weighted by molar-refractivity contribution is 5.13. The second-order valence-electron chi connectivity index (χ2n) is 3.95. The summed E-state index contributed by atoms with van der Waals surface area (Å²) < 4.78 is 1.83. The van der Waals surface area contributed by atoms with Gasteiger partial charge in [-0.15, -0.1) is 5.10 Å². The van der Waals surface area contributed by atoms with E-state index in [9.17, 15) is 0 Å². The molecule has 2 rings (SSSR count). The largest absolute Gasteiger partial charge is 0.306 e. The van der Waals surface area contributed by atoms with Crippen molar-refractivity contribution < 1.29 is 0 Å². The lowest BCUT2D eigenvalue weighted by atomic mass is 10.1. The monoisotopic (exact) mass is 195 g/mol. The number of piperazine rings is 1. The summed E-state index contributed by atoms with van der Waals surface area (Å²) in [5.41, 5.74) is 2.23. The highest BCUT2D eigenvalue weighted by Crippen LogP contribution is 2.16. The van der Waals surface area contributed by atoms with Crippen molar-refractivity contribution in [3.63, 3.8) is 0 Å². The average Bonchev–Trinajstić information content (AvgIpc) is 2.48. The van der Waals surface area contributed by atoms with Crippen molar-refractivity contribution in [2.24, 2.45) is 7.05 Å². The Kier molecular flexibility index (Phi) is 2.52. The fourth-order valence-electron chi connectivity index (χ4n) is 1.82. The van der Waals surface area contributed by atoms with E-state index in [0.29, 0.717) is 6.04 Å². The van der Waals surface area contributed by atoms with Crippen molar-refractivity contribution in [1.29, 1.82) is 0 Å². The number of hydrogen-bond acceptors (Lipinski definition) is 4. The van der Waals surface area contributed by atoms with Gasteiger partial charge in [-0.2, -0.15) is 0 Å². The van der Waals surface area contributed by atoms with E-state index in [1.807, 2.05) is 11.7 Å². The van der Waals surface area contributed by atoms with Crippen molar-refractivity contribution >= 4 is 0 Å². The SMILES string of the molecule is Cc1c(C2CN(C)CCN2)nnn1C. The Morgan fingerprint density at radius 3 is 2.79 bits per heavy atom. The summed E-state index contributed by atoms with van der Waals surface area (Å²) in [4.78, 5) is 2.31. The Bertz CT molecular complexity index is 319. The lowest BCUT2D eigenvalue weighted by molar-refractivity contribution is 0.237. The molecule has 1 atom stereocenters. The Balaban J connectivity index is 2.18. The second-order valence-corrected chi connectivity index (χ2v) is 3.95. The first kappa shape index (κ1) is 9.61. The molecule has 0 aromatic carbocycles. The van der Waals surface area contributed by atoms with E-state index in [1.54, 1.807) is 0 Å². The number of aryl methyl sites for hydroxylation is 1. The summed E-state index contributed by atoms with van der Waals surface area (Å²) in [6, 6.07) is 0.336. The van der Waals surface area contributed by atoms with Gasteiger partial charge in [0.2, 0.25) is 0 Å². The van der Waals surface area contributed by atoms with Crippen molar-refractivity contribution in [1.82, 2.24) is 25.2 Å². The molecule has 78 valence electrons. The van der Waals surface area contributed by atoms with Crippen LogP contribution in [-0.4, -0.2) is 46.6 Å². The van der Waals surface area contributed by atoms with Crippen LogP contribution in [0.4, 0.5) is 0 Å². The van der Waals surface area contributed by atoms with Crippen molar-refractivity contribution in [3.8, 4) is 0 Å². The first-order valence-corrected chi connectivity index (χ1v) is 4.96. The molecule has 0 spiro atoms. The minimum absolute atomic E-state index is 0.336. The van der Waals surface area contributed by atoms with Crippen LogP contribution in [0.5, 0.6) is 0 Å². The van der Waals surface area contributed by atoms with E-state index in [0.717, 1.165) is 31.0 Å². The van der Waals surface area contributed by atoms with Gasteiger partial charge in [-0.25, -0.2) is 0 Å². The van der Waals surface area contributed by atoms with Crippen LogP contribution >= 0.6 is 0 Å². The molecule has 1 unspecified atom stereocenters. The molecule has 1 saturated heterocycles. The first-order valence-electron chi connectivity index (χ1n) is 4.96. The Morgan fingerprint density at radius 2 is 2.21 bits per heavy atom. The van der Waals surface area contributed by atoms with Gasteiger partial charge in [-0.3, -0.25) is 4.68 Å². The predicted octanol–water partition coefficient (Wildman–Crippen LogP) is -0.300. The van der Waals surface area contributed by atoms with Gasteiger partial charge in [-0.05, 0) is 14.0 Å². The summed E-state index contributed by atoms with van der Waals surface area (Å²) in [5.74, 6) is 0. The molecule has 1 N–H and O–H groups in total. The summed E-state index contributed by atoms with van der Waals surface area (Å²) in [6.07, 6.45) is 0. The highest BCUT2D eigenvalue weighted by Gasteiger charge is 2.22. The molecule has 0 radical (unpaired) electrons. The summed E-state index contributed by atoms with van der Waals surface area (Å²) in [5, 5.41) is 11.7. The van der Waals surface area contributed by atoms with Crippen molar-refractivity contribution in [3.05, 3.63) is 11.4 Å². The van der Waals surface area contributed by atoms with E-state index in [4.69, 9.17) is 0 Å². The topological polar surface area (TPSA) is 46.0 Å². The molecule has 1 aliphatic heterocycles. The van der Waals surface area contributed by atoms with E-state index < -0.39 is 0 Å². The zero-order valence-electron chi connectivity index (χ0n) is 8.99. The van der Waals surface area contributed by atoms with Crippen LogP contribution in [-0.2, 0) is 7.05 Å². The van der Waals surface area contributed by atoms with Crippen LogP contribution in [0.2, 0.25) is 0 Å². The van der Waals surface area contributed by atoms with Crippen LogP contribution in [0, 0.1) is 6.92 Å². The van der Waals surface area contributed by atoms with Gasteiger partial charge in [0.1, 0.15) is 5.69 Å². The molecule has 14 heavy (non-hydrogen) atoms. The fourth-order valence-corrected chi connectivity index (χ4v) is 1.82. The third-order valence-electron chi connectivity index (χ3n) is 2.85. The molecular weight excluding hydrogens is 178 g/mol. The molecule has 0 amide bonds. The Morgan fingerprint density at radius 1 is 1.43 bits per heavy atom. The lowest BCUT2D eigenvalue weighted by Crippen LogP contribution is -2.44. The molecule has 5 heteroatoms. The van der Waals surface area contributed by atoms with Gasteiger partial charge in [0.05, 0.1) is 11.7 Å². The molecule has 1 aromatic heterocycles. The molecule has 1 aromatic rings. The normalized spacial score (nSPS) is 24.1. The molecule has 0 bridgehead atoms. The number of likely N-dealkylation sites (N-methyl/N-ethyl adjacent to an activating group) is 1. The van der Waals surface area contributed by atoms with Crippen molar-refractivity contribution in [2.75, 3.05) is 26.7 Å². The minimum atomic E-state index is 0.336. The van der Waals surface area contributed by atoms with E-state index in [1.165, 1.54) is 0 Å². The average molecular weight is 195 g/mol. The maximum atomic E-state index is 4.20. The number of nitrogens with one attached hydrogen (secondary N) is 1. The summed E-state index contributed by atoms with van der Waals surface area (Å²) in [7, 11) is 4.07. The molecular formula is C9H17N5. The lowest BCUT2D eigenvalue weighted by Gasteiger charge is -2.29. The van der Waals surface area contributed by atoms with Gasteiger partial charge in [0.25, 0.3) is 0 Å². The van der Waals surface area contributed by atoms with Gasteiger partial charge in [-0.1, -0.05) is 5.21 Å². The third kappa shape index (κ3) is 1.65. The summed E-state index contributed by atoms with van der Waals surface area (Å²) >= 11 is 0. The molecule has 0 aliphatic carbocycles. The smallest absolute Gasteiger partial charge is 0.104 e. The predicted molar refractivity (Wildman–Crippen MR) is 54.0 cm³/mol. The number of aromatic nitrogens is 3. The molecule has 1 fully saturated rings. The maximum Gasteiger partial charge on any atom is 0.104 e. The number of rotatable bonds is 1. The van der Waals surface area contributed by atoms with Crippen LogP contribution in [0.25, 0.3) is 0 Å². The summed E-state index contributed by atoms with van der Waals surface area (Å²) in [6.45, 7) is 5.21. The van der Waals surface area contributed by atoms with Crippen LogP contribution in [0.15, 0.2) is 0 Å². The minimum Gasteiger partial charge on any atom is -0.306 e. The molecule has 5 nitrogen and oxygen atoms in total. The number of hydrogen-bond donors (Lipinski definition) is 1. The maximum absolute atomic E-state index is 4.20. The second kappa shape index (κ2) is 3.67. The van der Waals surface area contributed by atoms with Crippen molar-refractivity contribution in [2.45, 2.75) is 13.0 Å². The van der Waals surface area contributed by atoms with Gasteiger partial charge in [0, 0.05) is 26.7 Å². The first-order chi connectivity index (χ1) is 6.68. The zero-order chi connectivity index (χ0) is 10.1. The highest BCUT2D eigenvalue weighted by atomic mass is 15.4. The van der Waals surface area contributed by atoms with Crippen LogP contribution < -0.4 is 5.32 Å². The van der Waals surface area contributed by atoms with Gasteiger partial charge < -0.3 is 10.2 Å². The van der Waals surface area contributed by atoms with Gasteiger partial charge in [0.15, 0.2) is 0 Å². The van der Waals surface area contributed by atoms with Gasteiger partial charge >= 0.3 is 0 Å². The quantitative estimate of drug-likeness (QED) is 0.668. The fraction of sp³-hybridized carbons (Fsp3) is 0.778. The molecule has 0 saturated carbocycles. The third-order valence-corrected chi connectivity index (χ3v) is 2.85. The van der Waals surface area contributed by atoms with E-state index in [-0.39, 0.29) is 0 Å². The van der Waals surface area contributed by atoms with Crippen LogP contribution in [0.3, 0.4) is 0 Å². The standard InChI is InChI=1S/C9H17N5/c1-7-9(11-12-14(7)3)8-6-13(2)5-4-10-8/h8,10H,4-6H2,1-3H3. The Hall–Kier alpha value is -0.940. The number of nitrogens with zero attached hydrogens (tertiary/aromatic N) is 4.